The van der Waals surface area contributed by atoms with E-state index in [9.17, 15) is 0 Å². The van der Waals surface area contributed by atoms with Crippen molar-refractivity contribution < 1.29 is 4.42 Å². The second kappa shape index (κ2) is 5.88. The molecule has 0 bridgehead atoms. The van der Waals surface area contributed by atoms with Crippen molar-refractivity contribution in [3.8, 4) is 11.6 Å². The molecule has 2 heterocycles. The fraction of sp³-hybridized carbons (Fsp3) is 0.364. The molecule has 0 saturated heterocycles. The van der Waals surface area contributed by atoms with Gasteiger partial charge in [-0.2, -0.15) is 0 Å². The number of aromatic nitrogens is 3. The second-order valence-corrected chi connectivity index (χ2v) is 4.49. The molecule has 2 rings (SSSR count). The van der Waals surface area contributed by atoms with Gasteiger partial charge in [0.15, 0.2) is 0 Å². The number of nitrogens with one attached hydrogen (secondary N) is 1. The van der Waals surface area contributed by atoms with Crippen molar-refractivity contribution >= 4 is 15.9 Å². The SMILES string of the molecule is CNCCCc1nnc(-c2ccc(Br)cn2)o1. The summed E-state index contributed by atoms with van der Waals surface area (Å²) >= 11 is 3.33. The van der Waals surface area contributed by atoms with Gasteiger partial charge in [0.1, 0.15) is 5.69 Å². The van der Waals surface area contributed by atoms with E-state index in [0.717, 1.165) is 23.9 Å². The van der Waals surface area contributed by atoms with Crippen molar-refractivity contribution in [2.45, 2.75) is 12.8 Å². The molecule has 17 heavy (non-hydrogen) atoms. The van der Waals surface area contributed by atoms with Gasteiger partial charge < -0.3 is 9.73 Å². The Bertz CT molecular complexity index is 469. The summed E-state index contributed by atoms with van der Waals surface area (Å²) in [5.41, 5.74) is 0.695. The van der Waals surface area contributed by atoms with Crippen LogP contribution in [0.15, 0.2) is 27.2 Å². The Labute approximate surface area is 108 Å². The average Bonchev–Trinajstić information content (AvgIpc) is 2.79. The number of hydrogen-bond acceptors (Lipinski definition) is 5. The Morgan fingerprint density at radius 1 is 1.35 bits per heavy atom. The molecule has 2 aromatic heterocycles. The molecule has 0 saturated carbocycles. The van der Waals surface area contributed by atoms with Crippen LogP contribution in [0.25, 0.3) is 11.6 Å². The third-order valence-electron chi connectivity index (χ3n) is 2.23. The summed E-state index contributed by atoms with van der Waals surface area (Å²) in [6.07, 6.45) is 3.47. The third kappa shape index (κ3) is 3.34. The summed E-state index contributed by atoms with van der Waals surface area (Å²) in [7, 11) is 1.92. The van der Waals surface area contributed by atoms with E-state index in [1.54, 1.807) is 6.20 Å². The third-order valence-corrected chi connectivity index (χ3v) is 2.70. The number of rotatable bonds is 5. The molecular formula is C11H13BrN4O. The van der Waals surface area contributed by atoms with E-state index >= 15 is 0 Å². The van der Waals surface area contributed by atoms with Crippen LogP contribution in [0.5, 0.6) is 0 Å². The maximum absolute atomic E-state index is 5.53. The molecular weight excluding hydrogens is 284 g/mol. The zero-order chi connectivity index (χ0) is 12.1. The smallest absolute Gasteiger partial charge is 0.266 e. The Balaban J connectivity index is 2.04. The van der Waals surface area contributed by atoms with E-state index < -0.39 is 0 Å². The van der Waals surface area contributed by atoms with Gasteiger partial charge in [-0.3, -0.25) is 0 Å². The molecule has 0 aromatic carbocycles. The number of pyridine rings is 1. The Kier molecular flexibility index (Phi) is 4.22. The molecule has 0 radical (unpaired) electrons. The highest BCUT2D eigenvalue weighted by Gasteiger charge is 2.09. The van der Waals surface area contributed by atoms with Crippen LogP contribution in [0.3, 0.4) is 0 Å². The van der Waals surface area contributed by atoms with E-state index in [1.807, 2.05) is 19.2 Å². The molecule has 90 valence electrons. The van der Waals surface area contributed by atoms with Gasteiger partial charge >= 0.3 is 0 Å². The minimum Gasteiger partial charge on any atom is -0.419 e. The molecule has 0 spiro atoms. The van der Waals surface area contributed by atoms with Gasteiger partial charge in [-0.25, -0.2) is 4.98 Å². The van der Waals surface area contributed by atoms with Crippen LogP contribution in [0.4, 0.5) is 0 Å². The van der Waals surface area contributed by atoms with Crippen LogP contribution >= 0.6 is 15.9 Å². The van der Waals surface area contributed by atoms with Crippen LogP contribution in [0.2, 0.25) is 0 Å². The van der Waals surface area contributed by atoms with Crippen LogP contribution < -0.4 is 5.32 Å². The summed E-state index contributed by atoms with van der Waals surface area (Å²) in [6, 6.07) is 3.74. The summed E-state index contributed by atoms with van der Waals surface area (Å²) in [4.78, 5) is 4.20. The normalized spacial score (nSPS) is 10.7. The average molecular weight is 297 g/mol. The fourth-order valence-corrected chi connectivity index (χ4v) is 1.61. The molecule has 5 nitrogen and oxygen atoms in total. The summed E-state index contributed by atoms with van der Waals surface area (Å²) in [6.45, 7) is 0.939. The quantitative estimate of drug-likeness (QED) is 0.856. The monoisotopic (exact) mass is 296 g/mol. The highest BCUT2D eigenvalue weighted by atomic mass is 79.9. The molecule has 0 aliphatic heterocycles. The number of nitrogens with zero attached hydrogens (tertiary/aromatic N) is 3. The lowest BCUT2D eigenvalue weighted by Crippen LogP contribution is -2.08. The van der Waals surface area contributed by atoms with Gasteiger partial charge in [0.25, 0.3) is 5.89 Å². The van der Waals surface area contributed by atoms with Crippen LogP contribution in [-0.4, -0.2) is 28.8 Å². The van der Waals surface area contributed by atoms with Gasteiger partial charge in [-0.1, -0.05) is 0 Å². The van der Waals surface area contributed by atoms with E-state index in [-0.39, 0.29) is 0 Å². The van der Waals surface area contributed by atoms with Gasteiger partial charge in [-0.05, 0) is 48.1 Å². The number of hydrogen-bond donors (Lipinski definition) is 1. The molecule has 0 aliphatic rings. The molecule has 0 amide bonds. The molecule has 0 fully saturated rings. The van der Waals surface area contributed by atoms with Crippen molar-refractivity contribution in [2.24, 2.45) is 0 Å². The zero-order valence-corrected chi connectivity index (χ0v) is 11.1. The number of aryl methyl sites for hydroxylation is 1. The highest BCUT2D eigenvalue weighted by molar-refractivity contribution is 9.10. The van der Waals surface area contributed by atoms with E-state index in [1.165, 1.54) is 0 Å². The first-order valence-corrected chi connectivity index (χ1v) is 6.18. The summed E-state index contributed by atoms with van der Waals surface area (Å²) in [5.74, 6) is 1.12. The lowest BCUT2D eigenvalue weighted by molar-refractivity contribution is 0.493. The summed E-state index contributed by atoms with van der Waals surface area (Å²) < 4.78 is 6.45. The van der Waals surface area contributed by atoms with Crippen molar-refractivity contribution in [2.75, 3.05) is 13.6 Å². The largest absolute Gasteiger partial charge is 0.419 e. The lowest BCUT2D eigenvalue weighted by Gasteiger charge is -1.95. The number of halogens is 1. The standard InChI is InChI=1S/C11H13BrN4O/c1-13-6-2-3-10-15-16-11(17-10)9-5-4-8(12)7-14-9/h4-5,7,13H,2-3,6H2,1H3. The van der Waals surface area contributed by atoms with Gasteiger partial charge in [0, 0.05) is 17.1 Å². The zero-order valence-electron chi connectivity index (χ0n) is 9.48. The van der Waals surface area contributed by atoms with E-state index in [2.05, 4.69) is 36.4 Å². The van der Waals surface area contributed by atoms with Gasteiger partial charge in [-0.15, -0.1) is 10.2 Å². The van der Waals surface area contributed by atoms with Gasteiger partial charge in [0.2, 0.25) is 5.89 Å². The molecule has 1 N–H and O–H groups in total. The van der Waals surface area contributed by atoms with Crippen molar-refractivity contribution in [3.05, 3.63) is 28.7 Å². The first-order valence-electron chi connectivity index (χ1n) is 5.38. The maximum Gasteiger partial charge on any atom is 0.266 e. The lowest BCUT2D eigenvalue weighted by atomic mass is 10.3. The molecule has 0 aliphatic carbocycles. The summed E-state index contributed by atoms with van der Waals surface area (Å²) in [5, 5.41) is 11.0. The topological polar surface area (TPSA) is 63.8 Å². The predicted molar refractivity (Wildman–Crippen MR) is 67.5 cm³/mol. The van der Waals surface area contributed by atoms with Crippen molar-refractivity contribution in [3.63, 3.8) is 0 Å². The minimum absolute atomic E-state index is 0.469. The molecule has 0 unspecified atom stereocenters. The Morgan fingerprint density at radius 2 is 2.24 bits per heavy atom. The molecule has 0 atom stereocenters. The van der Waals surface area contributed by atoms with Crippen molar-refractivity contribution in [1.29, 1.82) is 0 Å². The Hall–Kier alpha value is -1.27. The van der Waals surface area contributed by atoms with Crippen molar-refractivity contribution in [1.82, 2.24) is 20.5 Å². The molecule has 6 heteroatoms. The first-order chi connectivity index (χ1) is 8.29. The fourth-order valence-electron chi connectivity index (χ4n) is 1.38. The molecule has 2 aromatic rings. The Morgan fingerprint density at radius 3 is 2.94 bits per heavy atom. The maximum atomic E-state index is 5.53. The van der Waals surface area contributed by atoms with E-state index in [0.29, 0.717) is 17.5 Å². The first kappa shape index (κ1) is 12.2. The van der Waals surface area contributed by atoms with Gasteiger partial charge in [0.05, 0.1) is 0 Å². The predicted octanol–water partition coefficient (Wildman–Crippen LogP) is 2.05. The second-order valence-electron chi connectivity index (χ2n) is 3.57. The minimum atomic E-state index is 0.469. The highest BCUT2D eigenvalue weighted by Crippen LogP contribution is 2.17. The van der Waals surface area contributed by atoms with Crippen LogP contribution in [0, 0.1) is 0 Å². The van der Waals surface area contributed by atoms with E-state index in [4.69, 9.17) is 4.42 Å². The van der Waals surface area contributed by atoms with Crippen LogP contribution in [0.1, 0.15) is 12.3 Å². The van der Waals surface area contributed by atoms with Crippen LogP contribution in [-0.2, 0) is 6.42 Å².